The van der Waals surface area contributed by atoms with Crippen LogP contribution in [0.1, 0.15) is 44.9 Å². The number of hydrogen-bond acceptors (Lipinski definition) is 5. The highest BCUT2D eigenvalue weighted by molar-refractivity contribution is 5.96. The van der Waals surface area contributed by atoms with Gasteiger partial charge in [0.15, 0.2) is 0 Å². The molecule has 0 bridgehead atoms. The first-order chi connectivity index (χ1) is 13.7. The van der Waals surface area contributed by atoms with Crippen molar-refractivity contribution in [1.29, 1.82) is 0 Å². The summed E-state index contributed by atoms with van der Waals surface area (Å²) in [6, 6.07) is 12.0. The highest BCUT2D eigenvalue weighted by Gasteiger charge is 2.19. The number of nitro groups is 1. The number of ether oxygens (including phenoxy) is 1. The molecule has 0 aliphatic carbocycles. The molecule has 0 aliphatic rings. The molecule has 1 amide bonds. The summed E-state index contributed by atoms with van der Waals surface area (Å²) in [6.07, 6.45) is 1.04. The number of benzene rings is 2. The summed E-state index contributed by atoms with van der Waals surface area (Å²) in [5.41, 5.74) is 2.69. The van der Waals surface area contributed by atoms with Crippen molar-refractivity contribution in [3.05, 3.63) is 63.7 Å². The summed E-state index contributed by atoms with van der Waals surface area (Å²) in [5, 5.41) is 16.9. The van der Waals surface area contributed by atoms with Crippen molar-refractivity contribution in [2.24, 2.45) is 5.92 Å². The van der Waals surface area contributed by atoms with Gasteiger partial charge >= 0.3 is 0 Å². The van der Waals surface area contributed by atoms with Crippen molar-refractivity contribution < 1.29 is 14.5 Å². The Morgan fingerprint density at radius 3 is 2.31 bits per heavy atom. The number of methoxy groups -OCH3 is 1. The van der Waals surface area contributed by atoms with Crippen LogP contribution in [0.3, 0.4) is 0 Å². The van der Waals surface area contributed by atoms with E-state index < -0.39 is 11.0 Å². The molecule has 0 spiro atoms. The van der Waals surface area contributed by atoms with E-state index in [0.717, 1.165) is 12.0 Å². The van der Waals surface area contributed by atoms with E-state index in [9.17, 15) is 14.9 Å². The van der Waals surface area contributed by atoms with Crippen LogP contribution < -0.4 is 15.4 Å². The number of rotatable bonds is 9. The number of anilines is 1. The number of hydrogen-bond donors (Lipinski definition) is 2. The Morgan fingerprint density at radius 1 is 1.10 bits per heavy atom. The van der Waals surface area contributed by atoms with Gasteiger partial charge in [0.1, 0.15) is 5.75 Å². The molecule has 2 atom stereocenters. The Balaban J connectivity index is 2.00. The Kier molecular flexibility index (Phi) is 7.73. The molecule has 29 heavy (non-hydrogen) atoms. The molecule has 2 N–H and O–H groups in total. The molecule has 7 nitrogen and oxygen atoms in total. The Morgan fingerprint density at radius 2 is 1.76 bits per heavy atom. The smallest absolute Gasteiger partial charge is 0.273 e. The SMILES string of the molecule is COc1cc([N+](=O)[O-])ccc1NC(=O)[C@@H](C)N[C@@H](C)c1ccc(CC(C)C)cc1. The van der Waals surface area contributed by atoms with E-state index in [2.05, 4.69) is 48.7 Å². The summed E-state index contributed by atoms with van der Waals surface area (Å²) in [5.74, 6) is 0.602. The van der Waals surface area contributed by atoms with Gasteiger partial charge in [-0.1, -0.05) is 38.1 Å². The molecule has 0 fully saturated rings. The van der Waals surface area contributed by atoms with Gasteiger partial charge in [0, 0.05) is 12.1 Å². The Bertz CT molecular complexity index is 850. The minimum Gasteiger partial charge on any atom is -0.494 e. The van der Waals surface area contributed by atoms with Crippen LogP contribution in [0.25, 0.3) is 0 Å². The third-order valence-corrected chi connectivity index (χ3v) is 4.67. The van der Waals surface area contributed by atoms with Crippen LogP contribution in [0.2, 0.25) is 0 Å². The number of nitrogens with zero attached hydrogens (tertiary/aromatic N) is 1. The molecule has 0 unspecified atom stereocenters. The lowest BCUT2D eigenvalue weighted by Gasteiger charge is -2.21. The molecule has 7 heteroatoms. The van der Waals surface area contributed by atoms with Gasteiger partial charge < -0.3 is 10.1 Å². The van der Waals surface area contributed by atoms with Crippen LogP contribution in [-0.2, 0) is 11.2 Å². The fourth-order valence-electron chi connectivity index (χ4n) is 3.10. The van der Waals surface area contributed by atoms with Gasteiger partial charge in [-0.05, 0) is 43.4 Å². The van der Waals surface area contributed by atoms with Crippen molar-refractivity contribution in [3.8, 4) is 5.75 Å². The van der Waals surface area contributed by atoms with E-state index in [-0.39, 0.29) is 23.4 Å². The number of nitro benzene ring substituents is 1. The quantitative estimate of drug-likeness (QED) is 0.479. The second-order valence-electron chi connectivity index (χ2n) is 7.58. The van der Waals surface area contributed by atoms with Gasteiger partial charge in [0.25, 0.3) is 5.69 Å². The Hall–Kier alpha value is -2.93. The van der Waals surface area contributed by atoms with Crippen LogP contribution in [0.5, 0.6) is 5.75 Å². The van der Waals surface area contributed by atoms with E-state index in [4.69, 9.17) is 4.74 Å². The van der Waals surface area contributed by atoms with Crippen LogP contribution in [0.4, 0.5) is 11.4 Å². The topological polar surface area (TPSA) is 93.5 Å². The van der Waals surface area contributed by atoms with Gasteiger partial charge in [0.05, 0.1) is 29.8 Å². The molecule has 2 rings (SSSR count). The third-order valence-electron chi connectivity index (χ3n) is 4.67. The summed E-state index contributed by atoms with van der Waals surface area (Å²) in [6.45, 7) is 8.17. The predicted octanol–water partition coefficient (Wildman–Crippen LogP) is 4.48. The Labute approximate surface area is 171 Å². The highest BCUT2D eigenvalue weighted by Crippen LogP contribution is 2.29. The third kappa shape index (κ3) is 6.29. The lowest BCUT2D eigenvalue weighted by atomic mass is 9.99. The first-order valence-electron chi connectivity index (χ1n) is 9.69. The molecule has 0 radical (unpaired) electrons. The average Bonchev–Trinajstić information content (AvgIpc) is 2.67. The van der Waals surface area contributed by atoms with E-state index in [1.165, 1.54) is 30.9 Å². The summed E-state index contributed by atoms with van der Waals surface area (Å²) in [4.78, 5) is 23.0. The molecule has 0 aliphatic heterocycles. The van der Waals surface area contributed by atoms with E-state index in [0.29, 0.717) is 11.6 Å². The second-order valence-corrected chi connectivity index (χ2v) is 7.58. The minimum absolute atomic E-state index is 0.0115. The van der Waals surface area contributed by atoms with E-state index in [1.807, 2.05) is 6.92 Å². The zero-order chi connectivity index (χ0) is 21.6. The van der Waals surface area contributed by atoms with Gasteiger partial charge in [-0.2, -0.15) is 0 Å². The molecule has 2 aromatic rings. The fourth-order valence-corrected chi connectivity index (χ4v) is 3.10. The van der Waals surface area contributed by atoms with Crippen molar-refractivity contribution in [2.75, 3.05) is 12.4 Å². The summed E-state index contributed by atoms with van der Waals surface area (Å²) < 4.78 is 5.17. The molecule has 2 aromatic carbocycles. The molecule has 156 valence electrons. The molecule has 0 saturated heterocycles. The summed E-state index contributed by atoms with van der Waals surface area (Å²) >= 11 is 0. The maximum Gasteiger partial charge on any atom is 0.273 e. The predicted molar refractivity (Wildman–Crippen MR) is 114 cm³/mol. The number of carbonyl (C=O) groups excluding carboxylic acids is 1. The monoisotopic (exact) mass is 399 g/mol. The van der Waals surface area contributed by atoms with Gasteiger partial charge in [-0.15, -0.1) is 0 Å². The normalized spacial score (nSPS) is 13.0. The van der Waals surface area contributed by atoms with Gasteiger partial charge in [-0.3, -0.25) is 20.2 Å². The van der Waals surface area contributed by atoms with Crippen LogP contribution in [0.15, 0.2) is 42.5 Å². The zero-order valence-electron chi connectivity index (χ0n) is 17.6. The van der Waals surface area contributed by atoms with Crippen LogP contribution >= 0.6 is 0 Å². The van der Waals surface area contributed by atoms with Gasteiger partial charge in [-0.25, -0.2) is 0 Å². The van der Waals surface area contributed by atoms with Crippen LogP contribution in [-0.4, -0.2) is 24.0 Å². The number of nitrogens with one attached hydrogen (secondary N) is 2. The first-order valence-corrected chi connectivity index (χ1v) is 9.69. The van der Waals surface area contributed by atoms with E-state index in [1.54, 1.807) is 6.92 Å². The number of non-ortho nitro benzene ring substituents is 1. The van der Waals surface area contributed by atoms with Crippen molar-refractivity contribution >= 4 is 17.3 Å². The number of carbonyl (C=O) groups is 1. The van der Waals surface area contributed by atoms with Crippen molar-refractivity contribution in [3.63, 3.8) is 0 Å². The molecule has 0 heterocycles. The molecule has 0 saturated carbocycles. The number of amides is 1. The molecular weight excluding hydrogens is 370 g/mol. The second kappa shape index (κ2) is 10.0. The summed E-state index contributed by atoms with van der Waals surface area (Å²) in [7, 11) is 1.40. The van der Waals surface area contributed by atoms with Gasteiger partial charge in [0.2, 0.25) is 5.91 Å². The highest BCUT2D eigenvalue weighted by atomic mass is 16.6. The first kappa shape index (κ1) is 22.4. The maximum absolute atomic E-state index is 12.6. The fraction of sp³-hybridized carbons (Fsp3) is 0.409. The molecular formula is C22H29N3O4. The average molecular weight is 399 g/mol. The minimum atomic E-state index is -0.508. The lowest BCUT2D eigenvalue weighted by molar-refractivity contribution is -0.384. The molecule has 0 aromatic heterocycles. The standard InChI is InChI=1S/C22H29N3O4/c1-14(2)12-17-6-8-18(9-7-17)15(3)23-16(4)22(26)24-20-11-10-19(25(27)28)13-21(20)29-5/h6-11,13-16,23H,12H2,1-5H3,(H,24,26)/t15-,16+/m0/s1. The zero-order valence-corrected chi connectivity index (χ0v) is 17.6. The van der Waals surface area contributed by atoms with E-state index >= 15 is 0 Å². The maximum atomic E-state index is 12.6. The van der Waals surface area contributed by atoms with Crippen LogP contribution in [0, 0.1) is 16.0 Å². The van der Waals surface area contributed by atoms with Crippen molar-refractivity contribution in [1.82, 2.24) is 5.32 Å². The van der Waals surface area contributed by atoms with Crippen molar-refractivity contribution in [2.45, 2.75) is 46.2 Å². The largest absolute Gasteiger partial charge is 0.494 e. The lowest BCUT2D eigenvalue weighted by Crippen LogP contribution is -2.39.